The first-order valence-electron chi connectivity index (χ1n) is 6.24. The number of methoxy groups -OCH3 is 1. The van der Waals surface area contributed by atoms with Crippen LogP contribution in [0.3, 0.4) is 0 Å². The van der Waals surface area contributed by atoms with Gasteiger partial charge in [0.05, 0.1) is 12.7 Å². The SMILES string of the molecule is COc1ccc(Br)c(CC(C)(O)CCCC(F)(F)F)c1. The Kier molecular flexibility index (Phi) is 5.89. The Balaban J connectivity index is 2.65. The Labute approximate surface area is 125 Å². The molecule has 0 aromatic heterocycles. The van der Waals surface area contributed by atoms with Gasteiger partial charge in [-0.15, -0.1) is 0 Å². The third-order valence-corrected chi connectivity index (χ3v) is 3.77. The Hall–Kier alpha value is -0.750. The minimum absolute atomic E-state index is 0.0852. The monoisotopic (exact) mass is 354 g/mol. The van der Waals surface area contributed by atoms with Crippen molar-refractivity contribution in [3.8, 4) is 5.75 Å². The van der Waals surface area contributed by atoms with Crippen LogP contribution in [0.2, 0.25) is 0 Å². The molecule has 114 valence electrons. The van der Waals surface area contributed by atoms with Gasteiger partial charge in [0, 0.05) is 17.3 Å². The molecule has 0 aliphatic carbocycles. The quantitative estimate of drug-likeness (QED) is 0.815. The van der Waals surface area contributed by atoms with Crippen LogP contribution < -0.4 is 4.74 Å². The second-order valence-electron chi connectivity index (χ2n) is 5.10. The molecule has 0 saturated carbocycles. The van der Waals surface area contributed by atoms with E-state index in [4.69, 9.17) is 4.74 Å². The standard InChI is InChI=1S/C14H18BrF3O2/c1-13(19,6-3-7-14(16,17)18)9-10-8-11(20-2)4-5-12(10)15/h4-5,8,19H,3,6-7,9H2,1-2H3. The minimum Gasteiger partial charge on any atom is -0.497 e. The van der Waals surface area contributed by atoms with E-state index in [1.165, 1.54) is 7.11 Å². The van der Waals surface area contributed by atoms with E-state index >= 15 is 0 Å². The molecule has 0 fully saturated rings. The molecule has 0 aliphatic heterocycles. The topological polar surface area (TPSA) is 29.5 Å². The van der Waals surface area contributed by atoms with E-state index in [0.29, 0.717) is 5.75 Å². The Bertz CT molecular complexity index is 445. The first-order valence-corrected chi connectivity index (χ1v) is 7.04. The Morgan fingerprint density at radius 1 is 1.25 bits per heavy atom. The molecule has 20 heavy (non-hydrogen) atoms. The van der Waals surface area contributed by atoms with Gasteiger partial charge in [0.25, 0.3) is 0 Å². The second kappa shape index (κ2) is 6.80. The first-order chi connectivity index (χ1) is 9.13. The van der Waals surface area contributed by atoms with Crippen molar-refractivity contribution >= 4 is 15.9 Å². The molecular weight excluding hydrogens is 337 g/mol. The molecule has 1 N–H and O–H groups in total. The van der Waals surface area contributed by atoms with Gasteiger partial charge in [0.15, 0.2) is 0 Å². The molecule has 1 aromatic carbocycles. The van der Waals surface area contributed by atoms with Gasteiger partial charge in [-0.05, 0) is 43.5 Å². The molecule has 0 saturated heterocycles. The van der Waals surface area contributed by atoms with Gasteiger partial charge in [-0.1, -0.05) is 15.9 Å². The fraction of sp³-hybridized carbons (Fsp3) is 0.571. The lowest BCUT2D eigenvalue weighted by Gasteiger charge is -2.24. The van der Waals surface area contributed by atoms with E-state index in [2.05, 4.69) is 15.9 Å². The number of hydrogen-bond acceptors (Lipinski definition) is 2. The van der Waals surface area contributed by atoms with Gasteiger partial charge >= 0.3 is 6.18 Å². The van der Waals surface area contributed by atoms with Crippen LogP contribution in [0.15, 0.2) is 22.7 Å². The third kappa shape index (κ3) is 6.13. The van der Waals surface area contributed by atoms with E-state index < -0.39 is 18.2 Å². The van der Waals surface area contributed by atoms with Gasteiger partial charge in [-0.3, -0.25) is 0 Å². The molecule has 1 atom stereocenters. The normalized spacial score (nSPS) is 14.9. The third-order valence-electron chi connectivity index (χ3n) is 3.00. The average Bonchev–Trinajstić information content (AvgIpc) is 2.29. The first kappa shape index (κ1) is 17.3. The van der Waals surface area contributed by atoms with E-state index in [0.717, 1.165) is 10.0 Å². The van der Waals surface area contributed by atoms with Crippen molar-refractivity contribution in [1.82, 2.24) is 0 Å². The van der Waals surface area contributed by atoms with Crippen LogP contribution in [0.5, 0.6) is 5.75 Å². The fourth-order valence-electron chi connectivity index (χ4n) is 1.98. The predicted octanol–water partition coefficient (Wildman–Crippen LogP) is 4.48. The van der Waals surface area contributed by atoms with E-state index in [1.807, 2.05) is 0 Å². The summed E-state index contributed by atoms with van der Waals surface area (Å²) in [5.74, 6) is 0.647. The van der Waals surface area contributed by atoms with Crippen molar-refractivity contribution in [3.05, 3.63) is 28.2 Å². The molecule has 0 spiro atoms. The van der Waals surface area contributed by atoms with E-state index in [9.17, 15) is 18.3 Å². The predicted molar refractivity (Wildman–Crippen MR) is 74.9 cm³/mol. The van der Waals surface area contributed by atoms with Gasteiger partial charge in [-0.2, -0.15) is 13.2 Å². The number of rotatable bonds is 6. The lowest BCUT2D eigenvalue weighted by atomic mass is 9.91. The zero-order valence-electron chi connectivity index (χ0n) is 11.4. The fourth-order valence-corrected chi connectivity index (χ4v) is 2.37. The smallest absolute Gasteiger partial charge is 0.389 e. The minimum atomic E-state index is -4.17. The van der Waals surface area contributed by atoms with Crippen molar-refractivity contribution in [2.75, 3.05) is 7.11 Å². The molecule has 2 nitrogen and oxygen atoms in total. The summed E-state index contributed by atoms with van der Waals surface area (Å²) in [6.45, 7) is 1.55. The van der Waals surface area contributed by atoms with Crippen LogP contribution >= 0.6 is 15.9 Å². The lowest BCUT2D eigenvalue weighted by molar-refractivity contribution is -0.137. The maximum Gasteiger partial charge on any atom is 0.389 e. The highest BCUT2D eigenvalue weighted by Crippen LogP contribution is 2.30. The zero-order chi connectivity index (χ0) is 15.4. The van der Waals surface area contributed by atoms with Gasteiger partial charge in [-0.25, -0.2) is 0 Å². The zero-order valence-corrected chi connectivity index (χ0v) is 13.0. The van der Waals surface area contributed by atoms with E-state index in [1.54, 1.807) is 25.1 Å². The van der Waals surface area contributed by atoms with Crippen molar-refractivity contribution in [2.45, 2.75) is 44.4 Å². The summed E-state index contributed by atoms with van der Waals surface area (Å²) in [5.41, 5.74) is -0.374. The second-order valence-corrected chi connectivity index (χ2v) is 5.95. The van der Waals surface area contributed by atoms with Crippen molar-refractivity contribution in [3.63, 3.8) is 0 Å². The van der Waals surface area contributed by atoms with Crippen LogP contribution in [0.1, 0.15) is 31.7 Å². The van der Waals surface area contributed by atoms with Crippen molar-refractivity contribution in [1.29, 1.82) is 0 Å². The molecule has 0 amide bonds. The molecule has 1 unspecified atom stereocenters. The van der Waals surface area contributed by atoms with Crippen LogP contribution in [0.4, 0.5) is 13.2 Å². The lowest BCUT2D eigenvalue weighted by Crippen LogP contribution is -2.28. The van der Waals surface area contributed by atoms with Crippen LogP contribution in [0.25, 0.3) is 0 Å². The van der Waals surface area contributed by atoms with Gasteiger partial charge in [0.1, 0.15) is 5.75 Å². The van der Waals surface area contributed by atoms with Crippen molar-refractivity contribution < 1.29 is 23.0 Å². The molecule has 0 heterocycles. The summed E-state index contributed by atoms with van der Waals surface area (Å²) >= 11 is 3.37. The summed E-state index contributed by atoms with van der Waals surface area (Å²) in [4.78, 5) is 0. The van der Waals surface area contributed by atoms with Gasteiger partial charge in [0.2, 0.25) is 0 Å². The van der Waals surface area contributed by atoms with Crippen molar-refractivity contribution in [2.24, 2.45) is 0 Å². The highest BCUT2D eigenvalue weighted by atomic mass is 79.9. The largest absolute Gasteiger partial charge is 0.497 e. The highest BCUT2D eigenvalue weighted by molar-refractivity contribution is 9.10. The number of halogens is 4. The molecule has 1 rings (SSSR count). The molecule has 0 aliphatic rings. The summed E-state index contributed by atoms with van der Waals surface area (Å²) in [7, 11) is 1.54. The summed E-state index contributed by atoms with van der Waals surface area (Å²) < 4.78 is 42.2. The van der Waals surface area contributed by atoms with Crippen LogP contribution in [-0.2, 0) is 6.42 Å². The number of benzene rings is 1. The molecule has 0 bridgehead atoms. The average molecular weight is 355 g/mol. The summed E-state index contributed by atoms with van der Waals surface area (Å²) in [6, 6.07) is 5.33. The van der Waals surface area contributed by atoms with Gasteiger partial charge < -0.3 is 9.84 Å². The van der Waals surface area contributed by atoms with Crippen LogP contribution in [0, 0.1) is 0 Å². The van der Waals surface area contributed by atoms with E-state index in [-0.39, 0.29) is 19.3 Å². The summed E-state index contributed by atoms with van der Waals surface area (Å²) in [5, 5.41) is 10.2. The number of aliphatic hydroxyl groups is 1. The maximum absolute atomic E-state index is 12.1. The Morgan fingerprint density at radius 3 is 2.45 bits per heavy atom. The van der Waals surface area contributed by atoms with Crippen LogP contribution in [-0.4, -0.2) is 24.0 Å². The number of alkyl halides is 3. The molecular formula is C14H18BrF3O2. The molecule has 6 heteroatoms. The Morgan fingerprint density at radius 2 is 1.90 bits per heavy atom. The number of ether oxygens (including phenoxy) is 1. The highest BCUT2D eigenvalue weighted by Gasteiger charge is 2.29. The number of hydrogen-bond donors (Lipinski definition) is 1. The molecule has 0 radical (unpaired) electrons. The summed E-state index contributed by atoms with van der Waals surface area (Å²) in [6.07, 6.45) is -4.77. The molecule has 1 aromatic rings. The maximum atomic E-state index is 12.1.